The predicted molar refractivity (Wildman–Crippen MR) is 99.8 cm³/mol. The van der Waals surface area contributed by atoms with Crippen molar-refractivity contribution in [1.82, 2.24) is 15.4 Å². The van der Waals surface area contributed by atoms with Crippen LogP contribution in [-0.2, 0) is 4.79 Å². The normalized spacial score (nSPS) is 15.4. The number of nitro benzene ring substituents is 1. The lowest BCUT2D eigenvalue weighted by Crippen LogP contribution is -2.44. The molecule has 1 aliphatic rings. The number of carbonyl (C=O) groups excluding carboxylic acids is 2. The number of carbonyl (C=O) groups is 2. The topological polar surface area (TPSA) is 105 Å². The second-order valence-electron chi connectivity index (χ2n) is 5.05. The Balaban J connectivity index is 1.79. The van der Waals surface area contributed by atoms with Crippen LogP contribution >= 0.6 is 24.0 Å². The number of amides is 2. The van der Waals surface area contributed by atoms with Gasteiger partial charge in [0.25, 0.3) is 17.5 Å². The molecule has 2 heterocycles. The van der Waals surface area contributed by atoms with Crippen LogP contribution in [0.2, 0.25) is 0 Å². The molecule has 1 aromatic heterocycles. The predicted octanol–water partition coefficient (Wildman–Crippen LogP) is 2.54. The third-order valence-corrected chi connectivity index (χ3v) is 4.63. The van der Waals surface area contributed by atoms with Gasteiger partial charge in [-0.15, -0.1) is 0 Å². The first-order valence-electron chi connectivity index (χ1n) is 7.19. The number of aromatic nitrogens is 1. The average Bonchev–Trinajstić information content (AvgIpc) is 2.90. The van der Waals surface area contributed by atoms with Crippen molar-refractivity contribution in [3.8, 4) is 0 Å². The summed E-state index contributed by atoms with van der Waals surface area (Å²) < 4.78 is 0.161. The standard InChI is InChI=1S/C16H10N4O4S2/c21-14(11-4-6-17-7-5-11)18-19-15(22)13(26-16(19)25)9-10-2-1-3-12(8-10)20(23)24/h1-9H,(H,18,21). The Labute approximate surface area is 157 Å². The zero-order valence-electron chi connectivity index (χ0n) is 13.0. The van der Waals surface area contributed by atoms with Crippen molar-refractivity contribution in [2.45, 2.75) is 0 Å². The van der Waals surface area contributed by atoms with Gasteiger partial charge in [0.2, 0.25) is 0 Å². The Morgan fingerprint density at radius 1 is 1.31 bits per heavy atom. The molecule has 0 bridgehead atoms. The molecule has 0 atom stereocenters. The fourth-order valence-electron chi connectivity index (χ4n) is 2.11. The highest BCUT2D eigenvalue weighted by atomic mass is 32.2. The van der Waals surface area contributed by atoms with Crippen molar-refractivity contribution in [3.05, 3.63) is 74.9 Å². The molecular weight excluding hydrogens is 376 g/mol. The Hall–Kier alpha value is -3.11. The van der Waals surface area contributed by atoms with Gasteiger partial charge < -0.3 is 0 Å². The summed E-state index contributed by atoms with van der Waals surface area (Å²) in [5.41, 5.74) is 3.18. The van der Waals surface area contributed by atoms with Gasteiger partial charge in [0.1, 0.15) is 0 Å². The molecule has 2 amide bonds. The maximum atomic E-state index is 12.5. The largest absolute Gasteiger partial charge is 0.285 e. The van der Waals surface area contributed by atoms with E-state index in [4.69, 9.17) is 12.2 Å². The monoisotopic (exact) mass is 386 g/mol. The molecule has 8 nitrogen and oxygen atoms in total. The number of rotatable bonds is 4. The fraction of sp³-hybridized carbons (Fsp3) is 0. The lowest BCUT2D eigenvalue weighted by atomic mass is 10.2. The first-order chi connectivity index (χ1) is 12.5. The number of thioether (sulfide) groups is 1. The molecule has 3 rings (SSSR count). The maximum absolute atomic E-state index is 12.5. The molecule has 26 heavy (non-hydrogen) atoms. The highest BCUT2D eigenvalue weighted by Gasteiger charge is 2.33. The van der Waals surface area contributed by atoms with E-state index in [-0.39, 0.29) is 14.9 Å². The van der Waals surface area contributed by atoms with E-state index in [0.717, 1.165) is 16.8 Å². The minimum absolute atomic E-state index is 0.0831. The molecule has 0 aliphatic carbocycles. The van der Waals surface area contributed by atoms with E-state index < -0.39 is 16.7 Å². The van der Waals surface area contributed by atoms with Crippen LogP contribution < -0.4 is 5.43 Å². The van der Waals surface area contributed by atoms with Crippen LogP contribution in [0.15, 0.2) is 53.7 Å². The average molecular weight is 386 g/mol. The van der Waals surface area contributed by atoms with E-state index in [1.807, 2.05) is 0 Å². The minimum Gasteiger partial charge on any atom is -0.267 e. The third kappa shape index (κ3) is 3.76. The number of hydrogen-bond donors (Lipinski definition) is 1. The number of hydrazine groups is 1. The molecule has 130 valence electrons. The number of benzene rings is 1. The van der Waals surface area contributed by atoms with Crippen LogP contribution in [0.1, 0.15) is 15.9 Å². The van der Waals surface area contributed by atoms with Crippen molar-refractivity contribution < 1.29 is 14.5 Å². The molecule has 10 heteroatoms. The number of thiocarbonyl (C=S) groups is 1. The SMILES string of the molecule is O=C(NN1C(=O)C(=Cc2cccc([N+](=O)[O-])c2)SC1=S)c1ccncc1. The van der Waals surface area contributed by atoms with Gasteiger partial charge >= 0.3 is 0 Å². The van der Waals surface area contributed by atoms with E-state index in [9.17, 15) is 19.7 Å². The summed E-state index contributed by atoms with van der Waals surface area (Å²) >= 11 is 6.14. The molecule has 0 unspecified atom stereocenters. The summed E-state index contributed by atoms with van der Waals surface area (Å²) in [5, 5.41) is 11.8. The second-order valence-corrected chi connectivity index (χ2v) is 6.72. The fourth-order valence-corrected chi connectivity index (χ4v) is 3.29. The van der Waals surface area contributed by atoms with Gasteiger partial charge in [-0.2, -0.15) is 5.01 Å². The van der Waals surface area contributed by atoms with Crippen LogP contribution in [0.5, 0.6) is 0 Å². The van der Waals surface area contributed by atoms with Gasteiger partial charge in [-0.1, -0.05) is 23.9 Å². The van der Waals surface area contributed by atoms with Crippen molar-refractivity contribution in [2.75, 3.05) is 0 Å². The highest BCUT2D eigenvalue weighted by molar-refractivity contribution is 8.26. The van der Waals surface area contributed by atoms with E-state index in [1.54, 1.807) is 6.07 Å². The molecule has 1 saturated heterocycles. The van der Waals surface area contributed by atoms with Crippen LogP contribution in [0.25, 0.3) is 6.08 Å². The van der Waals surface area contributed by atoms with Gasteiger partial charge in [-0.05, 0) is 36.0 Å². The Kier molecular flexibility index (Phi) is 5.05. The van der Waals surface area contributed by atoms with E-state index in [1.165, 1.54) is 48.8 Å². The molecule has 1 N–H and O–H groups in total. The summed E-state index contributed by atoms with van der Waals surface area (Å²) in [6.45, 7) is 0. The molecule has 1 fully saturated rings. The number of nitro groups is 1. The Bertz CT molecular complexity index is 946. The van der Waals surface area contributed by atoms with Crippen LogP contribution in [0.3, 0.4) is 0 Å². The summed E-state index contributed by atoms with van der Waals surface area (Å²) in [4.78, 5) is 39.1. The smallest absolute Gasteiger partial charge is 0.267 e. The van der Waals surface area contributed by atoms with Crippen LogP contribution in [-0.4, -0.2) is 31.1 Å². The lowest BCUT2D eigenvalue weighted by molar-refractivity contribution is -0.384. The van der Waals surface area contributed by atoms with Crippen LogP contribution in [0, 0.1) is 10.1 Å². The van der Waals surface area contributed by atoms with Crippen molar-refractivity contribution >= 4 is 51.9 Å². The summed E-state index contributed by atoms with van der Waals surface area (Å²) in [5.74, 6) is -1.01. The first kappa shape index (κ1) is 17.7. The molecular formula is C16H10N4O4S2. The van der Waals surface area contributed by atoms with Gasteiger partial charge in [0, 0.05) is 30.1 Å². The number of pyridine rings is 1. The third-order valence-electron chi connectivity index (χ3n) is 3.33. The molecule has 0 spiro atoms. The zero-order valence-corrected chi connectivity index (χ0v) is 14.6. The maximum Gasteiger partial charge on any atom is 0.285 e. The number of hydrogen-bond acceptors (Lipinski definition) is 7. The van der Waals surface area contributed by atoms with Crippen molar-refractivity contribution in [3.63, 3.8) is 0 Å². The first-order valence-corrected chi connectivity index (χ1v) is 8.41. The van der Waals surface area contributed by atoms with Crippen molar-refractivity contribution in [1.29, 1.82) is 0 Å². The molecule has 0 radical (unpaired) electrons. The highest BCUT2D eigenvalue weighted by Crippen LogP contribution is 2.31. The van der Waals surface area contributed by atoms with Gasteiger partial charge in [-0.3, -0.25) is 30.1 Å². The number of nitrogens with one attached hydrogen (secondary N) is 1. The summed E-state index contributed by atoms with van der Waals surface area (Å²) in [6.07, 6.45) is 4.41. The van der Waals surface area contributed by atoms with Crippen molar-refractivity contribution in [2.24, 2.45) is 0 Å². The quantitative estimate of drug-likeness (QED) is 0.372. The van der Waals surface area contributed by atoms with E-state index in [0.29, 0.717) is 11.1 Å². The van der Waals surface area contributed by atoms with Crippen LogP contribution in [0.4, 0.5) is 5.69 Å². The lowest BCUT2D eigenvalue weighted by Gasteiger charge is -2.15. The van der Waals surface area contributed by atoms with Gasteiger partial charge in [-0.25, -0.2) is 0 Å². The summed E-state index contributed by atoms with van der Waals surface area (Å²) in [6, 6.07) is 8.88. The van der Waals surface area contributed by atoms with E-state index >= 15 is 0 Å². The number of non-ortho nitro benzene ring substituents is 1. The van der Waals surface area contributed by atoms with E-state index in [2.05, 4.69) is 10.4 Å². The summed E-state index contributed by atoms with van der Waals surface area (Å²) in [7, 11) is 0. The zero-order chi connectivity index (χ0) is 18.7. The Morgan fingerprint density at radius 3 is 2.73 bits per heavy atom. The molecule has 1 aromatic carbocycles. The Morgan fingerprint density at radius 2 is 2.04 bits per heavy atom. The molecule has 0 saturated carbocycles. The number of nitrogens with zero attached hydrogens (tertiary/aromatic N) is 3. The second kappa shape index (κ2) is 7.42. The van der Waals surface area contributed by atoms with Gasteiger partial charge in [0.05, 0.1) is 9.83 Å². The molecule has 1 aliphatic heterocycles. The molecule has 2 aromatic rings. The minimum atomic E-state index is -0.516. The van der Waals surface area contributed by atoms with Gasteiger partial charge in [0.15, 0.2) is 4.32 Å².